The predicted octanol–water partition coefficient (Wildman–Crippen LogP) is 3.72. The van der Waals surface area contributed by atoms with Crippen LogP contribution in [0.5, 0.6) is 0 Å². The van der Waals surface area contributed by atoms with Crippen LogP contribution in [0, 0.1) is 5.92 Å². The van der Waals surface area contributed by atoms with E-state index in [9.17, 15) is 0 Å². The lowest BCUT2D eigenvalue weighted by Gasteiger charge is -2.04. The molecule has 0 aromatic rings. The van der Waals surface area contributed by atoms with E-state index in [1.165, 1.54) is 5.57 Å². The Kier molecular flexibility index (Phi) is 4.60. The third-order valence-electron chi connectivity index (χ3n) is 1.56. The molecule has 0 nitrogen and oxygen atoms in total. The van der Waals surface area contributed by atoms with E-state index >= 15 is 0 Å². The smallest absolute Gasteiger partial charge is 0.0222 e. The normalized spacial score (nSPS) is 13.0. The fourth-order valence-corrected chi connectivity index (χ4v) is 0.860. The third-order valence-corrected chi connectivity index (χ3v) is 1.56. The van der Waals surface area contributed by atoms with Crippen molar-refractivity contribution in [1.29, 1.82) is 0 Å². The highest BCUT2D eigenvalue weighted by atomic mass is 14.0. The van der Waals surface area contributed by atoms with E-state index in [1.807, 2.05) is 6.92 Å². The molecular weight excluding hydrogens is 132 g/mol. The van der Waals surface area contributed by atoms with Gasteiger partial charge in [-0.15, -0.1) is 0 Å². The first-order valence-corrected chi connectivity index (χ1v) is 4.07. The maximum atomic E-state index is 3.81. The SMILES string of the molecule is C=C(C)C=CC(=CC)C(C)C. The first kappa shape index (κ1) is 10.2. The van der Waals surface area contributed by atoms with Crippen LogP contribution in [0.2, 0.25) is 0 Å². The van der Waals surface area contributed by atoms with Gasteiger partial charge in [0, 0.05) is 0 Å². The van der Waals surface area contributed by atoms with Crippen molar-refractivity contribution in [3.63, 3.8) is 0 Å². The Morgan fingerprint density at radius 2 is 1.82 bits per heavy atom. The Labute approximate surface area is 70.3 Å². The molecule has 11 heavy (non-hydrogen) atoms. The van der Waals surface area contributed by atoms with E-state index in [-0.39, 0.29) is 0 Å². The van der Waals surface area contributed by atoms with Gasteiger partial charge in [0.25, 0.3) is 0 Å². The van der Waals surface area contributed by atoms with Crippen LogP contribution in [0.25, 0.3) is 0 Å². The minimum atomic E-state index is 0.607. The Hall–Kier alpha value is -0.780. The summed E-state index contributed by atoms with van der Waals surface area (Å²) in [5.74, 6) is 0.607. The molecule has 0 N–H and O–H groups in total. The molecular formula is C11H18. The van der Waals surface area contributed by atoms with E-state index in [1.54, 1.807) is 0 Å². The Morgan fingerprint density at radius 3 is 2.09 bits per heavy atom. The summed E-state index contributed by atoms with van der Waals surface area (Å²) >= 11 is 0. The van der Waals surface area contributed by atoms with Gasteiger partial charge in [-0.05, 0) is 25.3 Å². The van der Waals surface area contributed by atoms with Crippen LogP contribution < -0.4 is 0 Å². The minimum Gasteiger partial charge on any atom is -0.0961 e. The summed E-state index contributed by atoms with van der Waals surface area (Å²) in [6.45, 7) is 12.3. The average Bonchev–Trinajstić information content (AvgIpc) is 1.87. The molecule has 0 bridgehead atoms. The van der Waals surface area contributed by atoms with Gasteiger partial charge < -0.3 is 0 Å². The highest BCUT2D eigenvalue weighted by Crippen LogP contribution is 2.11. The summed E-state index contributed by atoms with van der Waals surface area (Å²) in [5.41, 5.74) is 2.47. The van der Waals surface area contributed by atoms with Crippen LogP contribution in [-0.4, -0.2) is 0 Å². The molecule has 0 radical (unpaired) electrons. The Bertz CT molecular complexity index is 180. The zero-order valence-electron chi connectivity index (χ0n) is 8.02. The van der Waals surface area contributed by atoms with Crippen LogP contribution >= 0.6 is 0 Å². The summed E-state index contributed by atoms with van der Waals surface area (Å²) in [7, 11) is 0. The van der Waals surface area contributed by atoms with Gasteiger partial charge in [0.05, 0.1) is 0 Å². The maximum absolute atomic E-state index is 3.81. The molecule has 0 heteroatoms. The summed E-state index contributed by atoms with van der Waals surface area (Å²) in [6, 6.07) is 0. The molecule has 0 aromatic carbocycles. The molecule has 0 fully saturated rings. The first-order valence-electron chi connectivity index (χ1n) is 4.07. The summed E-state index contributed by atoms with van der Waals surface area (Å²) in [6.07, 6.45) is 6.33. The lowest BCUT2D eigenvalue weighted by atomic mass is 10.0. The molecule has 0 saturated carbocycles. The number of hydrogen-bond acceptors (Lipinski definition) is 0. The quantitative estimate of drug-likeness (QED) is 0.538. The van der Waals surface area contributed by atoms with Crippen molar-refractivity contribution in [2.45, 2.75) is 27.7 Å². The van der Waals surface area contributed by atoms with Crippen molar-refractivity contribution < 1.29 is 0 Å². The van der Waals surface area contributed by atoms with Gasteiger partial charge in [0.2, 0.25) is 0 Å². The maximum Gasteiger partial charge on any atom is -0.0222 e. The highest BCUT2D eigenvalue weighted by Gasteiger charge is 1.95. The van der Waals surface area contributed by atoms with Crippen LogP contribution in [0.4, 0.5) is 0 Å². The van der Waals surface area contributed by atoms with Crippen molar-refractivity contribution >= 4 is 0 Å². The number of rotatable bonds is 3. The van der Waals surface area contributed by atoms with Crippen molar-refractivity contribution in [3.05, 3.63) is 36.0 Å². The number of hydrogen-bond donors (Lipinski definition) is 0. The lowest BCUT2D eigenvalue weighted by Crippen LogP contribution is -1.88. The van der Waals surface area contributed by atoms with E-state index in [0.717, 1.165) is 5.57 Å². The molecule has 0 aromatic heterocycles. The summed E-state index contributed by atoms with van der Waals surface area (Å²) in [5, 5.41) is 0. The number of allylic oxidation sites excluding steroid dienone is 5. The lowest BCUT2D eigenvalue weighted by molar-refractivity contribution is 0.789. The zero-order chi connectivity index (χ0) is 8.85. The molecule has 0 spiro atoms. The summed E-state index contributed by atoms with van der Waals surface area (Å²) < 4.78 is 0. The second kappa shape index (κ2) is 4.95. The second-order valence-electron chi connectivity index (χ2n) is 3.12. The van der Waals surface area contributed by atoms with Gasteiger partial charge >= 0.3 is 0 Å². The molecule has 0 rings (SSSR count). The topological polar surface area (TPSA) is 0 Å². The van der Waals surface area contributed by atoms with Crippen LogP contribution in [0.1, 0.15) is 27.7 Å². The van der Waals surface area contributed by atoms with Crippen molar-refractivity contribution in [2.24, 2.45) is 5.92 Å². The molecule has 0 amide bonds. The molecule has 0 heterocycles. The van der Waals surface area contributed by atoms with E-state index in [2.05, 4.69) is 45.6 Å². The molecule has 62 valence electrons. The van der Waals surface area contributed by atoms with Crippen molar-refractivity contribution in [2.75, 3.05) is 0 Å². The molecule has 0 saturated heterocycles. The molecule has 0 atom stereocenters. The summed E-state index contributed by atoms with van der Waals surface area (Å²) in [4.78, 5) is 0. The van der Waals surface area contributed by atoms with E-state index in [0.29, 0.717) is 5.92 Å². The predicted molar refractivity (Wildman–Crippen MR) is 52.5 cm³/mol. The van der Waals surface area contributed by atoms with Gasteiger partial charge in [0.15, 0.2) is 0 Å². The average molecular weight is 150 g/mol. The van der Waals surface area contributed by atoms with Crippen LogP contribution in [-0.2, 0) is 0 Å². The molecule has 0 aliphatic rings. The van der Waals surface area contributed by atoms with E-state index in [4.69, 9.17) is 0 Å². The Morgan fingerprint density at radius 1 is 1.27 bits per heavy atom. The third kappa shape index (κ3) is 4.60. The molecule has 0 unspecified atom stereocenters. The first-order chi connectivity index (χ1) is 5.07. The van der Waals surface area contributed by atoms with Crippen molar-refractivity contribution in [3.8, 4) is 0 Å². The fraction of sp³-hybridized carbons (Fsp3) is 0.455. The van der Waals surface area contributed by atoms with Crippen LogP contribution in [0.15, 0.2) is 36.0 Å². The van der Waals surface area contributed by atoms with Gasteiger partial charge in [-0.3, -0.25) is 0 Å². The largest absolute Gasteiger partial charge is 0.0961 e. The van der Waals surface area contributed by atoms with Crippen molar-refractivity contribution in [1.82, 2.24) is 0 Å². The Balaban J connectivity index is 4.22. The van der Waals surface area contributed by atoms with Gasteiger partial charge in [-0.2, -0.15) is 0 Å². The van der Waals surface area contributed by atoms with Gasteiger partial charge in [0.1, 0.15) is 0 Å². The zero-order valence-corrected chi connectivity index (χ0v) is 8.02. The second-order valence-corrected chi connectivity index (χ2v) is 3.12. The highest BCUT2D eigenvalue weighted by molar-refractivity contribution is 5.25. The van der Waals surface area contributed by atoms with Gasteiger partial charge in [-0.1, -0.05) is 44.2 Å². The van der Waals surface area contributed by atoms with Gasteiger partial charge in [-0.25, -0.2) is 0 Å². The fourth-order valence-electron chi connectivity index (χ4n) is 0.860. The van der Waals surface area contributed by atoms with Crippen LogP contribution in [0.3, 0.4) is 0 Å². The minimum absolute atomic E-state index is 0.607. The van der Waals surface area contributed by atoms with E-state index < -0.39 is 0 Å². The standard InChI is InChI=1S/C11H18/c1-6-11(10(4)5)8-7-9(2)3/h6-8,10H,2H2,1,3-5H3. The monoisotopic (exact) mass is 150 g/mol. The molecule has 0 aliphatic heterocycles. The molecule has 0 aliphatic carbocycles.